The second-order valence-corrected chi connectivity index (χ2v) is 7.44. The Hall–Kier alpha value is -2.84. The van der Waals surface area contributed by atoms with Crippen molar-refractivity contribution in [2.24, 2.45) is 0 Å². The summed E-state index contributed by atoms with van der Waals surface area (Å²) in [6, 6.07) is 13.6. The van der Waals surface area contributed by atoms with E-state index in [1.54, 1.807) is 16.0 Å². The van der Waals surface area contributed by atoms with E-state index in [0.29, 0.717) is 12.4 Å². The highest BCUT2D eigenvalue weighted by Crippen LogP contribution is 2.25. The summed E-state index contributed by atoms with van der Waals surface area (Å²) in [7, 11) is 0. The van der Waals surface area contributed by atoms with Gasteiger partial charge in [-0.05, 0) is 30.5 Å². The smallest absolute Gasteiger partial charge is 0.291 e. The highest BCUT2D eigenvalue weighted by Gasteiger charge is 2.19. The molecule has 6 nitrogen and oxygen atoms in total. The fourth-order valence-corrected chi connectivity index (χ4v) is 3.85. The summed E-state index contributed by atoms with van der Waals surface area (Å²) in [4.78, 5) is 22.3. The summed E-state index contributed by atoms with van der Waals surface area (Å²) in [5.41, 5.74) is 1.81. The monoisotopic (exact) mass is 381 g/mol. The molecule has 0 aliphatic carbocycles. The van der Waals surface area contributed by atoms with Gasteiger partial charge in [0.1, 0.15) is 5.01 Å². The second-order valence-electron chi connectivity index (χ2n) is 5.55. The number of nitrogens with zero attached hydrogens (tertiary/aromatic N) is 4. The van der Waals surface area contributed by atoms with Crippen LogP contribution in [0, 0.1) is 6.92 Å². The van der Waals surface area contributed by atoms with Crippen LogP contribution >= 0.6 is 22.7 Å². The van der Waals surface area contributed by atoms with Gasteiger partial charge in [-0.25, -0.2) is 14.6 Å². The maximum absolute atomic E-state index is 12.5. The molecule has 3 heterocycles. The second kappa shape index (κ2) is 7.19. The lowest BCUT2D eigenvalue weighted by Gasteiger charge is -2.03. The first kappa shape index (κ1) is 16.6. The van der Waals surface area contributed by atoms with Crippen LogP contribution in [0.4, 0.5) is 0 Å². The molecule has 0 aliphatic rings. The largest absolute Gasteiger partial charge is 0.343 e. The van der Waals surface area contributed by atoms with Gasteiger partial charge in [-0.1, -0.05) is 24.3 Å². The van der Waals surface area contributed by atoms with Gasteiger partial charge in [0.05, 0.1) is 17.1 Å². The van der Waals surface area contributed by atoms with Crippen LogP contribution in [0.2, 0.25) is 0 Å². The number of hydrogen-bond donors (Lipinski definition) is 1. The fraction of sp³-hybridized carbons (Fsp3) is 0.111. The minimum atomic E-state index is -0.314. The first-order valence-electron chi connectivity index (χ1n) is 7.96. The molecule has 0 spiro atoms. The van der Waals surface area contributed by atoms with Crippen molar-refractivity contribution < 1.29 is 4.79 Å². The molecule has 0 fully saturated rings. The number of thiazole rings is 1. The lowest BCUT2D eigenvalue weighted by atomic mass is 10.3. The highest BCUT2D eigenvalue weighted by molar-refractivity contribution is 7.13. The van der Waals surface area contributed by atoms with Crippen LogP contribution < -0.4 is 5.32 Å². The van der Waals surface area contributed by atoms with E-state index in [1.165, 1.54) is 11.3 Å². The number of carbonyl (C=O) groups is 1. The van der Waals surface area contributed by atoms with E-state index in [4.69, 9.17) is 0 Å². The maximum atomic E-state index is 12.5. The Bertz CT molecular complexity index is 1020. The minimum Gasteiger partial charge on any atom is -0.343 e. The van der Waals surface area contributed by atoms with Crippen molar-refractivity contribution >= 4 is 28.6 Å². The minimum absolute atomic E-state index is 0.144. The van der Waals surface area contributed by atoms with Crippen molar-refractivity contribution in [3.63, 3.8) is 0 Å². The van der Waals surface area contributed by atoms with Gasteiger partial charge in [-0.15, -0.1) is 27.8 Å². The van der Waals surface area contributed by atoms with Crippen LogP contribution in [0.25, 0.3) is 16.4 Å². The zero-order valence-electron chi connectivity index (χ0n) is 13.9. The Kier molecular flexibility index (Phi) is 4.59. The van der Waals surface area contributed by atoms with Crippen molar-refractivity contribution in [2.45, 2.75) is 13.5 Å². The summed E-state index contributed by atoms with van der Waals surface area (Å²) in [5.74, 6) is 0.484. The average Bonchev–Trinajstić information content (AvgIpc) is 3.40. The predicted molar refractivity (Wildman–Crippen MR) is 103 cm³/mol. The van der Waals surface area contributed by atoms with Crippen molar-refractivity contribution in [3.8, 4) is 16.4 Å². The zero-order valence-corrected chi connectivity index (χ0v) is 15.5. The molecule has 0 bridgehead atoms. The van der Waals surface area contributed by atoms with E-state index in [0.717, 1.165) is 21.3 Å². The summed E-state index contributed by atoms with van der Waals surface area (Å²) in [5, 5.41) is 12.1. The average molecular weight is 381 g/mol. The third-order valence-electron chi connectivity index (χ3n) is 3.62. The number of carbonyl (C=O) groups excluding carboxylic acids is 1. The number of thiophene rings is 1. The molecule has 0 saturated heterocycles. The van der Waals surface area contributed by atoms with Gasteiger partial charge in [0.2, 0.25) is 5.82 Å². The molecule has 1 N–H and O–H groups in total. The molecule has 0 atom stereocenters. The SMILES string of the molecule is Cc1csc(CNC(=O)c2nc(-c3cccs3)n(-c3ccccc3)n2)n1. The van der Waals surface area contributed by atoms with Gasteiger partial charge < -0.3 is 5.32 Å². The number of rotatable bonds is 5. The third kappa shape index (κ3) is 3.42. The number of aromatic nitrogens is 4. The number of amides is 1. The topological polar surface area (TPSA) is 72.7 Å². The molecule has 0 saturated carbocycles. The van der Waals surface area contributed by atoms with Gasteiger partial charge in [0.15, 0.2) is 5.82 Å². The molecule has 0 aliphatic heterocycles. The van der Waals surface area contributed by atoms with Crippen molar-refractivity contribution in [3.05, 3.63) is 69.8 Å². The Labute approximate surface area is 158 Å². The lowest BCUT2D eigenvalue weighted by Crippen LogP contribution is -2.24. The third-order valence-corrected chi connectivity index (χ3v) is 5.45. The van der Waals surface area contributed by atoms with Crippen LogP contribution in [-0.2, 0) is 6.54 Å². The number of nitrogens with one attached hydrogen (secondary N) is 1. The summed E-state index contributed by atoms with van der Waals surface area (Å²) >= 11 is 3.08. The molecule has 3 aromatic heterocycles. The van der Waals surface area contributed by atoms with Crippen molar-refractivity contribution in [1.29, 1.82) is 0 Å². The first-order valence-corrected chi connectivity index (χ1v) is 9.72. The van der Waals surface area contributed by atoms with Crippen LogP contribution in [0.5, 0.6) is 0 Å². The molecular weight excluding hydrogens is 366 g/mol. The van der Waals surface area contributed by atoms with Crippen molar-refractivity contribution in [2.75, 3.05) is 0 Å². The van der Waals surface area contributed by atoms with E-state index in [-0.39, 0.29) is 11.7 Å². The molecule has 26 heavy (non-hydrogen) atoms. The highest BCUT2D eigenvalue weighted by atomic mass is 32.1. The van der Waals surface area contributed by atoms with Gasteiger partial charge in [-0.2, -0.15) is 0 Å². The van der Waals surface area contributed by atoms with Crippen LogP contribution in [-0.4, -0.2) is 25.7 Å². The Morgan fingerprint density at radius 3 is 2.65 bits per heavy atom. The van der Waals surface area contributed by atoms with Crippen LogP contribution in [0.3, 0.4) is 0 Å². The Morgan fingerprint density at radius 1 is 1.12 bits per heavy atom. The Balaban J connectivity index is 1.63. The lowest BCUT2D eigenvalue weighted by molar-refractivity contribution is 0.0940. The molecule has 1 amide bonds. The maximum Gasteiger partial charge on any atom is 0.291 e. The van der Waals surface area contributed by atoms with Crippen molar-refractivity contribution in [1.82, 2.24) is 25.1 Å². The first-order chi connectivity index (χ1) is 12.7. The number of para-hydroxylation sites is 1. The van der Waals surface area contributed by atoms with E-state index in [9.17, 15) is 4.79 Å². The number of benzene rings is 1. The van der Waals surface area contributed by atoms with Gasteiger partial charge in [0.25, 0.3) is 5.91 Å². The van der Waals surface area contributed by atoms with Gasteiger partial charge in [0, 0.05) is 11.1 Å². The molecule has 0 radical (unpaired) electrons. The molecule has 8 heteroatoms. The predicted octanol–water partition coefficient (Wildman–Crippen LogP) is 3.69. The fourth-order valence-electron chi connectivity index (χ4n) is 2.44. The molecular formula is C18H15N5OS2. The van der Waals surface area contributed by atoms with Crippen LogP contribution in [0.15, 0.2) is 53.2 Å². The quantitative estimate of drug-likeness (QED) is 0.572. The molecule has 130 valence electrons. The number of aryl methyl sites for hydroxylation is 1. The van der Waals surface area contributed by atoms with E-state index in [1.807, 2.05) is 60.1 Å². The molecule has 4 aromatic rings. The summed E-state index contributed by atoms with van der Waals surface area (Å²) in [6.07, 6.45) is 0. The van der Waals surface area contributed by atoms with E-state index >= 15 is 0 Å². The standard InChI is InChI=1S/C18H15N5OS2/c1-12-11-26-15(20-12)10-19-18(24)16-21-17(14-8-5-9-25-14)23(22-16)13-6-3-2-4-7-13/h2-9,11H,10H2,1H3,(H,19,24). The summed E-state index contributed by atoms with van der Waals surface area (Å²) in [6.45, 7) is 2.30. The van der Waals surface area contributed by atoms with Gasteiger partial charge in [-0.3, -0.25) is 4.79 Å². The molecule has 4 rings (SSSR count). The van der Waals surface area contributed by atoms with Gasteiger partial charge >= 0.3 is 0 Å². The molecule has 0 unspecified atom stereocenters. The van der Waals surface area contributed by atoms with E-state index < -0.39 is 0 Å². The molecule has 1 aromatic carbocycles. The van der Waals surface area contributed by atoms with Crippen LogP contribution in [0.1, 0.15) is 21.3 Å². The zero-order chi connectivity index (χ0) is 17.9. The normalized spacial score (nSPS) is 10.8. The van der Waals surface area contributed by atoms with E-state index in [2.05, 4.69) is 20.4 Å². The Morgan fingerprint density at radius 2 is 1.96 bits per heavy atom. The number of hydrogen-bond acceptors (Lipinski definition) is 6. The summed E-state index contributed by atoms with van der Waals surface area (Å²) < 4.78 is 1.70.